The number of hydrogen-bond acceptors (Lipinski definition) is 8. The number of unbranched alkanes of at least 4 members (excludes halogenated alkanes) is 17. The van der Waals surface area contributed by atoms with Crippen LogP contribution < -0.4 is 5.73 Å². The molecule has 0 aromatic rings. The highest BCUT2D eigenvalue weighted by Crippen LogP contribution is 2.43. The average molecular weight is 754 g/mol. The molecule has 0 spiro atoms. The number of rotatable bonds is 38. The van der Waals surface area contributed by atoms with Crippen molar-refractivity contribution in [3.63, 3.8) is 0 Å². The van der Waals surface area contributed by atoms with E-state index in [2.05, 4.69) is 62.5 Å². The van der Waals surface area contributed by atoms with E-state index in [1.54, 1.807) is 0 Å². The molecule has 302 valence electrons. The van der Waals surface area contributed by atoms with Crippen molar-refractivity contribution >= 4 is 19.8 Å². The molecule has 0 radical (unpaired) electrons. The molecule has 10 heteroatoms. The first-order valence-corrected chi connectivity index (χ1v) is 22.1. The molecule has 0 aliphatic carbocycles. The highest BCUT2D eigenvalue weighted by atomic mass is 31.2. The molecule has 2 atom stereocenters. The number of allylic oxidation sites excluding steroid dienone is 8. The Morgan fingerprint density at radius 3 is 1.58 bits per heavy atom. The predicted octanol–water partition coefficient (Wildman–Crippen LogP) is 11.6. The van der Waals surface area contributed by atoms with Gasteiger partial charge in [0.2, 0.25) is 0 Å². The van der Waals surface area contributed by atoms with E-state index < -0.39 is 26.5 Å². The minimum Gasteiger partial charge on any atom is -0.462 e. The second-order valence-electron chi connectivity index (χ2n) is 13.5. The van der Waals surface area contributed by atoms with E-state index in [1.165, 1.54) is 70.6 Å². The summed E-state index contributed by atoms with van der Waals surface area (Å²) in [5.41, 5.74) is 5.34. The highest BCUT2D eigenvalue weighted by molar-refractivity contribution is 7.47. The maximum atomic E-state index is 12.6. The molecule has 0 aromatic carbocycles. The van der Waals surface area contributed by atoms with Crippen LogP contribution in [0.15, 0.2) is 48.6 Å². The summed E-state index contributed by atoms with van der Waals surface area (Å²) >= 11 is 0. The maximum absolute atomic E-state index is 12.6. The van der Waals surface area contributed by atoms with Crippen LogP contribution in [0.2, 0.25) is 0 Å². The summed E-state index contributed by atoms with van der Waals surface area (Å²) in [6, 6.07) is 0. The number of ether oxygens (including phenoxy) is 2. The van der Waals surface area contributed by atoms with Gasteiger partial charge in [0.15, 0.2) is 6.10 Å². The van der Waals surface area contributed by atoms with Crippen molar-refractivity contribution in [2.24, 2.45) is 5.73 Å². The third-order valence-electron chi connectivity index (χ3n) is 8.48. The quantitative estimate of drug-likeness (QED) is 0.0273. The smallest absolute Gasteiger partial charge is 0.462 e. The molecule has 0 bridgehead atoms. The Morgan fingerprint density at radius 2 is 1.06 bits per heavy atom. The number of carbonyl (C=O) groups is 2. The Bertz CT molecular complexity index is 996. The standard InChI is InChI=1S/C42H76NO8P/c1-3-5-7-9-11-13-15-17-19-20-21-23-25-27-29-31-33-35-42(45)51-40(39-50-52(46,47)49-37-36-43)38-48-41(44)34-32-30-28-26-24-22-18-16-14-12-10-8-6-4-2/h5,7,11,13,17,19,21,23,40H,3-4,6,8-10,12,14-16,18,20,22,24-39,43H2,1-2H3,(H,46,47)/b7-5-,13-11-,19-17-,23-21-. The molecule has 0 saturated carbocycles. The molecular formula is C42H76NO8P. The molecule has 0 aromatic heterocycles. The van der Waals surface area contributed by atoms with Crippen molar-refractivity contribution in [1.29, 1.82) is 0 Å². The van der Waals surface area contributed by atoms with Crippen LogP contribution in [0.1, 0.15) is 174 Å². The van der Waals surface area contributed by atoms with Gasteiger partial charge >= 0.3 is 19.8 Å². The van der Waals surface area contributed by atoms with E-state index in [9.17, 15) is 19.0 Å². The van der Waals surface area contributed by atoms with Crippen LogP contribution in [0, 0.1) is 0 Å². The lowest BCUT2D eigenvalue weighted by molar-refractivity contribution is -0.161. The Morgan fingerprint density at radius 1 is 0.596 bits per heavy atom. The second-order valence-corrected chi connectivity index (χ2v) is 14.9. The first-order valence-electron chi connectivity index (χ1n) is 20.6. The van der Waals surface area contributed by atoms with Crippen LogP contribution in [0.3, 0.4) is 0 Å². The van der Waals surface area contributed by atoms with Crippen molar-refractivity contribution in [2.45, 2.75) is 180 Å². The predicted molar refractivity (Wildman–Crippen MR) is 215 cm³/mol. The van der Waals surface area contributed by atoms with E-state index in [0.717, 1.165) is 70.6 Å². The van der Waals surface area contributed by atoms with Gasteiger partial charge in [-0.25, -0.2) is 4.57 Å². The fraction of sp³-hybridized carbons (Fsp3) is 0.762. The SMILES string of the molecule is CC/C=C\C/C=C\C/C=C\C/C=C\CCCCCCC(=O)OC(COC(=O)CCCCCCCCCCCCCCCC)COP(=O)(O)OCCN. The monoisotopic (exact) mass is 754 g/mol. The molecule has 0 aliphatic heterocycles. The molecule has 2 unspecified atom stereocenters. The molecule has 52 heavy (non-hydrogen) atoms. The number of nitrogens with two attached hydrogens (primary N) is 1. The van der Waals surface area contributed by atoms with Gasteiger partial charge in [-0.05, 0) is 51.4 Å². The molecule has 0 saturated heterocycles. The van der Waals surface area contributed by atoms with Crippen LogP contribution in [-0.4, -0.2) is 49.3 Å². The largest absolute Gasteiger partial charge is 0.472 e. The third kappa shape index (κ3) is 37.7. The lowest BCUT2D eigenvalue weighted by atomic mass is 10.0. The van der Waals surface area contributed by atoms with Gasteiger partial charge in [-0.1, -0.05) is 159 Å². The van der Waals surface area contributed by atoms with Crippen LogP contribution in [0.4, 0.5) is 0 Å². The summed E-state index contributed by atoms with van der Waals surface area (Å²) in [7, 11) is -4.38. The van der Waals surface area contributed by atoms with Crippen LogP contribution in [0.25, 0.3) is 0 Å². The number of carbonyl (C=O) groups excluding carboxylic acids is 2. The van der Waals surface area contributed by atoms with Crippen LogP contribution >= 0.6 is 7.82 Å². The second kappa shape index (κ2) is 38.7. The minimum atomic E-state index is -4.38. The fourth-order valence-electron chi connectivity index (χ4n) is 5.45. The molecule has 0 rings (SSSR count). The van der Waals surface area contributed by atoms with E-state index >= 15 is 0 Å². The summed E-state index contributed by atoms with van der Waals surface area (Å²) in [6.07, 6.45) is 42.8. The van der Waals surface area contributed by atoms with Gasteiger partial charge < -0.3 is 20.1 Å². The van der Waals surface area contributed by atoms with Crippen molar-refractivity contribution < 1.29 is 37.6 Å². The molecule has 0 amide bonds. The van der Waals surface area contributed by atoms with E-state index in [0.29, 0.717) is 6.42 Å². The van der Waals surface area contributed by atoms with E-state index in [4.69, 9.17) is 24.3 Å². The van der Waals surface area contributed by atoms with Crippen LogP contribution in [0.5, 0.6) is 0 Å². The number of esters is 2. The molecule has 0 aliphatic rings. The maximum Gasteiger partial charge on any atom is 0.472 e. The van der Waals surface area contributed by atoms with E-state index in [-0.39, 0.29) is 38.6 Å². The first-order chi connectivity index (χ1) is 25.3. The normalized spacial score (nSPS) is 13.8. The van der Waals surface area contributed by atoms with E-state index in [1.807, 2.05) is 0 Å². The lowest BCUT2D eigenvalue weighted by Crippen LogP contribution is -2.29. The number of phosphoric ester groups is 1. The van der Waals surface area contributed by atoms with Crippen LogP contribution in [-0.2, 0) is 32.7 Å². The fourth-order valence-corrected chi connectivity index (χ4v) is 6.21. The highest BCUT2D eigenvalue weighted by Gasteiger charge is 2.26. The molecule has 0 fully saturated rings. The molecule has 0 heterocycles. The van der Waals surface area contributed by atoms with Gasteiger partial charge in [0, 0.05) is 19.4 Å². The van der Waals surface area contributed by atoms with Gasteiger partial charge in [-0.3, -0.25) is 18.6 Å². The molecule has 3 N–H and O–H groups in total. The lowest BCUT2D eigenvalue weighted by Gasteiger charge is -2.19. The van der Waals surface area contributed by atoms with Crippen molar-refractivity contribution in [3.8, 4) is 0 Å². The van der Waals surface area contributed by atoms with Crippen molar-refractivity contribution in [1.82, 2.24) is 0 Å². The number of hydrogen-bond donors (Lipinski definition) is 2. The summed E-state index contributed by atoms with van der Waals surface area (Å²) in [5, 5.41) is 0. The zero-order valence-corrected chi connectivity index (χ0v) is 33.9. The van der Waals surface area contributed by atoms with Gasteiger partial charge in [0.25, 0.3) is 0 Å². The molecular weight excluding hydrogens is 677 g/mol. The minimum absolute atomic E-state index is 0.0482. The zero-order chi connectivity index (χ0) is 38.2. The van der Waals surface area contributed by atoms with Gasteiger partial charge in [-0.2, -0.15) is 0 Å². The Kier molecular flexibility index (Phi) is 37.2. The summed E-state index contributed by atoms with van der Waals surface area (Å²) < 4.78 is 32.7. The zero-order valence-electron chi connectivity index (χ0n) is 33.0. The Hall–Kier alpha value is -2.03. The summed E-state index contributed by atoms with van der Waals surface area (Å²) in [6.45, 7) is 3.59. The summed E-state index contributed by atoms with van der Waals surface area (Å²) in [4.78, 5) is 34.8. The first kappa shape index (κ1) is 50.0. The Labute approximate surface area is 317 Å². The topological polar surface area (TPSA) is 134 Å². The summed E-state index contributed by atoms with van der Waals surface area (Å²) in [5.74, 6) is -0.856. The van der Waals surface area contributed by atoms with Gasteiger partial charge in [0.1, 0.15) is 6.61 Å². The van der Waals surface area contributed by atoms with Gasteiger partial charge in [-0.15, -0.1) is 0 Å². The molecule has 9 nitrogen and oxygen atoms in total. The number of phosphoric acid groups is 1. The van der Waals surface area contributed by atoms with Crippen molar-refractivity contribution in [3.05, 3.63) is 48.6 Å². The average Bonchev–Trinajstić information content (AvgIpc) is 3.13. The third-order valence-corrected chi connectivity index (χ3v) is 9.46. The Balaban J connectivity index is 4.23. The van der Waals surface area contributed by atoms with Gasteiger partial charge in [0.05, 0.1) is 13.2 Å². The van der Waals surface area contributed by atoms with Crippen molar-refractivity contribution in [2.75, 3.05) is 26.4 Å².